The summed E-state index contributed by atoms with van der Waals surface area (Å²) in [4.78, 5) is 14.4. The van der Waals surface area contributed by atoms with Crippen LogP contribution in [0.4, 0.5) is 0 Å². The van der Waals surface area contributed by atoms with Gasteiger partial charge in [0.2, 0.25) is 5.91 Å². The van der Waals surface area contributed by atoms with E-state index in [2.05, 4.69) is 15.3 Å². The predicted molar refractivity (Wildman–Crippen MR) is 93.8 cm³/mol. The largest absolute Gasteiger partial charge is 0.497 e. The van der Waals surface area contributed by atoms with Crippen molar-refractivity contribution in [2.75, 3.05) is 33.9 Å². The zero-order valence-electron chi connectivity index (χ0n) is 14.8. The number of carbonyl (C=O) groups excluding carboxylic acids is 1. The van der Waals surface area contributed by atoms with Gasteiger partial charge in [0.05, 0.1) is 32.8 Å². The maximum atomic E-state index is 12.3. The monoisotopic (exact) mass is 344 g/mol. The topological polar surface area (TPSA) is 68.6 Å². The van der Waals surface area contributed by atoms with E-state index in [0.29, 0.717) is 12.6 Å². The lowest BCUT2D eigenvalue weighted by molar-refractivity contribution is -0.124. The number of hydrogen-bond donors (Lipinski definition) is 1. The number of amides is 1. The molecular weight excluding hydrogens is 320 g/mol. The van der Waals surface area contributed by atoms with Crippen LogP contribution in [0.3, 0.4) is 0 Å². The van der Waals surface area contributed by atoms with Gasteiger partial charge >= 0.3 is 0 Å². The molecule has 134 valence electrons. The van der Waals surface area contributed by atoms with Gasteiger partial charge in [-0.25, -0.2) is 0 Å². The SMILES string of the molecule is COc1ccc(OC)c(C(C)NC(=O)CN2CC(n3cccn3)C2)c1. The molecule has 0 spiro atoms. The van der Waals surface area contributed by atoms with Crippen LogP contribution >= 0.6 is 0 Å². The maximum absolute atomic E-state index is 12.3. The highest BCUT2D eigenvalue weighted by molar-refractivity contribution is 5.78. The van der Waals surface area contributed by atoms with E-state index in [4.69, 9.17) is 9.47 Å². The fourth-order valence-corrected chi connectivity index (χ4v) is 3.08. The standard InChI is InChI=1S/C18H24N4O3/c1-13(16-9-15(24-2)5-6-17(16)25-3)20-18(23)12-21-10-14(11-21)22-8-4-7-19-22/h4-9,13-14H,10-12H2,1-3H3,(H,20,23). The lowest BCUT2D eigenvalue weighted by Crippen LogP contribution is -2.51. The van der Waals surface area contributed by atoms with Crippen molar-refractivity contribution in [3.05, 3.63) is 42.2 Å². The lowest BCUT2D eigenvalue weighted by Gasteiger charge is -2.38. The van der Waals surface area contributed by atoms with Gasteiger partial charge in [-0.1, -0.05) is 0 Å². The number of ether oxygens (including phenoxy) is 2. The van der Waals surface area contributed by atoms with Crippen LogP contribution in [0.15, 0.2) is 36.7 Å². The first-order chi connectivity index (χ1) is 12.1. The van der Waals surface area contributed by atoms with E-state index in [1.165, 1.54) is 0 Å². The summed E-state index contributed by atoms with van der Waals surface area (Å²) in [5.74, 6) is 1.47. The Balaban J connectivity index is 1.53. The molecule has 1 aliphatic heterocycles. The van der Waals surface area contributed by atoms with E-state index in [0.717, 1.165) is 30.2 Å². The molecule has 0 radical (unpaired) electrons. The van der Waals surface area contributed by atoms with Crippen LogP contribution in [0.5, 0.6) is 11.5 Å². The van der Waals surface area contributed by atoms with E-state index in [-0.39, 0.29) is 11.9 Å². The van der Waals surface area contributed by atoms with Crippen LogP contribution in [0.25, 0.3) is 0 Å². The molecule has 3 rings (SSSR count). The molecule has 1 N–H and O–H groups in total. The minimum Gasteiger partial charge on any atom is -0.497 e. The number of benzene rings is 1. The number of aromatic nitrogens is 2. The maximum Gasteiger partial charge on any atom is 0.234 e. The Morgan fingerprint density at radius 2 is 2.16 bits per heavy atom. The Bertz CT molecular complexity index is 711. The highest BCUT2D eigenvalue weighted by Crippen LogP contribution is 2.29. The molecule has 2 heterocycles. The molecular formula is C18H24N4O3. The van der Waals surface area contributed by atoms with E-state index >= 15 is 0 Å². The van der Waals surface area contributed by atoms with Crippen molar-refractivity contribution in [1.29, 1.82) is 0 Å². The summed E-state index contributed by atoms with van der Waals surface area (Å²) in [6.07, 6.45) is 3.73. The molecule has 1 unspecified atom stereocenters. The first-order valence-corrected chi connectivity index (χ1v) is 8.33. The lowest BCUT2D eigenvalue weighted by atomic mass is 10.1. The summed E-state index contributed by atoms with van der Waals surface area (Å²) in [7, 11) is 3.24. The molecule has 7 heteroatoms. The first-order valence-electron chi connectivity index (χ1n) is 8.33. The number of likely N-dealkylation sites (tertiary alicyclic amines) is 1. The zero-order valence-corrected chi connectivity index (χ0v) is 14.8. The van der Waals surface area contributed by atoms with Crippen molar-refractivity contribution in [2.24, 2.45) is 0 Å². The molecule has 1 aromatic heterocycles. The number of nitrogens with one attached hydrogen (secondary N) is 1. The molecule has 7 nitrogen and oxygen atoms in total. The number of hydrogen-bond acceptors (Lipinski definition) is 5. The number of rotatable bonds is 7. The minimum absolute atomic E-state index is 0.00344. The average Bonchev–Trinajstić information content (AvgIpc) is 3.10. The van der Waals surface area contributed by atoms with Gasteiger partial charge in [0.25, 0.3) is 0 Å². The van der Waals surface area contributed by atoms with Crippen LogP contribution in [0.2, 0.25) is 0 Å². The molecule has 0 aliphatic carbocycles. The minimum atomic E-state index is -0.166. The molecule has 1 aliphatic rings. The summed E-state index contributed by atoms with van der Waals surface area (Å²) in [5.41, 5.74) is 0.897. The third-order valence-electron chi connectivity index (χ3n) is 4.48. The third-order valence-corrected chi connectivity index (χ3v) is 4.48. The van der Waals surface area contributed by atoms with Gasteiger partial charge in [-0.2, -0.15) is 5.10 Å². The summed E-state index contributed by atoms with van der Waals surface area (Å²) in [5, 5.41) is 7.27. The van der Waals surface area contributed by atoms with Crippen LogP contribution in [0, 0.1) is 0 Å². The van der Waals surface area contributed by atoms with Crippen molar-refractivity contribution in [2.45, 2.75) is 19.0 Å². The second kappa shape index (κ2) is 7.57. The van der Waals surface area contributed by atoms with Gasteiger partial charge in [0.1, 0.15) is 11.5 Å². The molecule has 1 fully saturated rings. The van der Waals surface area contributed by atoms with Gasteiger partial charge in [0.15, 0.2) is 0 Å². The molecule has 25 heavy (non-hydrogen) atoms. The van der Waals surface area contributed by atoms with E-state index in [9.17, 15) is 4.79 Å². The Morgan fingerprint density at radius 1 is 1.36 bits per heavy atom. The molecule has 0 saturated carbocycles. The average molecular weight is 344 g/mol. The fraction of sp³-hybridized carbons (Fsp3) is 0.444. The fourth-order valence-electron chi connectivity index (χ4n) is 3.08. The van der Waals surface area contributed by atoms with E-state index in [1.54, 1.807) is 20.4 Å². The molecule has 2 aromatic rings. The normalized spacial score (nSPS) is 16.1. The van der Waals surface area contributed by atoms with Gasteiger partial charge < -0.3 is 14.8 Å². The summed E-state index contributed by atoms with van der Waals surface area (Å²) >= 11 is 0. The summed E-state index contributed by atoms with van der Waals surface area (Å²) < 4.78 is 12.6. The quantitative estimate of drug-likeness (QED) is 0.827. The van der Waals surface area contributed by atoms with Crippen molar-refractivity contribution in [1.82, 2.24) is 20.0 Å². The van der Waals surface area contributed by atoms with Crippen LogP contribution < -0.4 is 14.8 Å². The van der Waals surface area contributed by atoms with E-state index in [1.807, 2.05) is 42.1 Å². The Kier molecular flexibility index (Phi) is 5.23. The molecule has 1 atom stereocenters. The van der Waals surface area contributed by atoms with Gasteiger partial charge in [-0.15, -0.1) is 0 Å². The Hall–Kier alpha value is -2.54. The predicted octanol–water partition coefficient (Wildman–Crippen LogP) is 1.63. The number of nitrogens with zero attached hydrogens (tertiary/aromatic N) is 3. The molecule has 0 bridgehead atoms. The second-order valence-corrected chi connectivity index (χ2v) is 6.23. The summed E-state index contributed by atoms with van der Waals surface area (Å²) in [6.45, 7) is 4.00. The van der Waals surface area contributed by atoms with Crippen LogP contribution in [0.1, 0.15) is 24.6 Å². The summed E-state index contributed by atoms with van der Waals surface area (Å²) in [6, 6.07) is 7.69. The van der Waals surface area contributed by atoms with E-state index < -0.39 is 0 Å². The first kappa shape index (κ1) is 17.3. The Morgan fingerprint density at radius 3 is 2.80 bits per heavy atom. The van der Waals surface area contributed by atoms with Crippen molar-refractivity contribution in [3.8, 4) is 11.5 Å². The highest BCUT2D eigenvalue weighted by atomic mass is 16.5. The zero-order chi connectivity index (χ0) is 17.8. The third kappa shape index (κ3) is 3.93. The van der Waals surface area contributed by atoms with Gasteiger partial charge in [-0.3, -0.25) is 14.4 Å². The van der Waals surface area contributed by atoms with Crippen molar-refractivity contribution < 1.29 is 14.3 Å². The molecule has 1 amide bonds. The van der Waals surface area contributed by atoms with Gasteiger partial charge in [-0.05, 0) is 31.2 Å². The Labute approximate surface area is 147 Å². The van der Waals surface area contributed by atoms with Gasteiger partial charge in [0, 0.05) is 31.0 Å². The highest BCUT2D eigenvalue weighted by Gasteiger charge is 2.30. The van der Waals surface area contributed by atoms with Crippen LogP contribution in [-0.2, 0) is 4.79 Å². The van der Waals surface area contributed by atoms with Crippen LogP contribution in [-0.4, -0.2) is 54.4 Å². The second-order valence-electron chi connectivity index (χ2n) is 6.23. The molecule has 1 aromatic carbocycles. The number of carbonyl (C=O) groups is 1. The number of methoxy groups -OCH3 is 2. The smallest absolute Gasteiger partial charge is 0.234 e. The van der Waals surface area contributed by atoms with Crippen molar-refractivity contribution in [3.63, 3.8) is 0 Å². The van der Waals surface area contributed by atoms with Crippen molar-refractivity contribution >= 4 is 5.91 Å². The molecule has 1 saturated heterocycles.